The highest BCUT2D eigenvalue weighted by atomic mass is 16.6. The van der Waals surface area contributed by atoms with E-state index in [0.717, 1.165) is 0 Å². The standard InChI is InChI=1S/C20H21NO3/c22-14-9-11-21(12-10-14)20(23)24-13-19-17-7-3-1-5-15(17)16-6-2-4-8-18(16)19/h1-8,14,19,22H,9-13H2. The van der Waals surface area contributed by atoms with Crippen LogP contribution < -0.4 is 0 Å². The molecule has 0 aromatic heterocycles. The quantitative estimate of drug-likeness (QED) is 0.921. The Morgan fingerprint density at radius 1 is 1.00 bits per heavy atom. The van der Waals surface area contributed by atoms with Crippen LogP contribution in [0.25, 0.3) is 11.1 Å². The van der Waals surface area contributed by atoms with Crippen molar-refractivity contribution in [1.29, 1.82) is 0 Å². The molecule has 24 heavy (non-hydrogen) atoms. The summed E-state index contributed by atoms with van der Waals surface area (Å²) in [6.07, 6.45) is 0.695. The minimum atomic E-state index is -0.289. The van der Waals surface area contributed by atoms with Crippen molar-refractivity contribution in [2.24, 2.45) is 0 Å². The second kappa shape index (κ2) is 6.29. The van der Waals surface area contributed by atoms with Crippen molar-refractivity contribution in [3.05, 3.63) is 59.7 Å². The van der Waals surface area contributed by atoms with Gasteiger partial charge in [0.2, 0.25) is 0 Å². The molecule has 0 radical (unpaired) electrons. The molecule has 0 spiro atoms. The number of rotatable bonds is 2. The second-order valence-corrected chi connectivity index (χ2v) is 6.52. The zero-order valence-corrected chi connectivity index (χ0v) is 13.5. The van der Waals surface area contributed by atoms with E-state index < -0.39 is 0 Å². The number of ether oxygens (including phenoxy) is 1. The lowest BCUT2D eigenvalue weighted by atomic mass is 9.98. The molecule has 1 aliphatic heterocycles. The first-order chi connectivity index (χ1) is 11.7. The monoisotopic (exact) mass is 323 g/mol. The molecule has 1 fully saturated rings. The average Bonchev–Trinajstić information content (AvgIpc) is 2.94. The molecule has 1 saturated heterocycles. The van der Waals surface area contributed by atoms with Crippen LogP contribution in [0, 0.1) is 0 Å². The molecule has 0 bridgehead atoms. The minimum absolute atomic E-state index is 0.0942. The lowest BCUT2D eigenvalue weighted by molar-refractivity contribution is 0.0581. The lowest BCUT2D eigenvalue weighted by Crippen LogP contribution is -2.40. The number of benzene rings is 2. The third kappa shape index (κ3) is 2.67. The van der Waals surface area contributed by atoms with Crippen molar-refractivity contribution in [3.63, 3.8) is 0 Å². The van der Waals surface area contributed by atoms with Gasteiger partial charge in [-0.2, -0.15) is 0 Å². The minimum Gasteiger partial charge on any atom is -0.448 e. The molecule has 4 rings (SSSR count). The van der Waals surface area contributed by atoms with E-state index in [2.05, 4.69) is 24.3 Å². The third-order valence-electron chi connectivity index (χ3n) is 5.06. The van der Waals surface area contributed by atoms with Gasteiger partial charge in [-0.15, -0.1) is 0 Å². The number of likely N-dealkylation sites (tertiary alicyclic amines) is 1. The Morgan fingerprint density at radius 2 is 1.54 bits per heavy atom. The van der Waals surface area contributed by atoms with Gasteiger partial charge in [-0.25, -0.2) is 4.79 Å². The van der Waals surface area contributed by atoms with Gasteiger partial charge in [0.15, 0.2) is 0 Å². The van der Waals surface area contributed by atoms with Crippen LogP contribution in [0.2, 0.25) is 0 Å². The maximum absolute atomic E-state index is 12.3. The van der Waals surface area contributed by atoms with Crippen LogP contribution in [0.15, 0.2) is 48.5 Å². The van der Waals surface area contributed by atoms with Crippen LogP contribution in [-0.2, 0) is 4.74 Å². The molecule has 4 heteroatoms. The van der Waals surface area contributed by atoms with E-state index in [-0.39, 0.29) is 18.1 Å². The highest BCUT2D eigenvalue weighted by Crippen LogP contribution is 2.44. The van der Waals surface area contributed by atoms with Crippen molar-refractivity contribution in [2.45, 2.75) is 24.9 Å². The maximum Gasteiger partial charge on any atom is 0.409 e. The first-order valence-electron chi connectivity index (χ1n) is 8.52. The number of aliphatic hydroxyl groups excluding tert-OH is 1. The Kier molecular flexibility index (Phi) is 3.98. The van der Waals surface area contributed by atoms with Gasteiger partial charge in [-0.3, -0.25) is 0 Å². The van der Waals surface area contributed by atoms with Crippen LogP contribution in [-0.4, -0.2) is 41.9 Å². The van der Waals surface area contributed by atoms with Gasteiger partial charge in [0.25, 0.3) is 0 Å². The van der Waals surface area contributed by atoms with E-state index >= 15 is 0 Å². The third-order valence-corrected chi connectivity index (χ3v) is 5.06. The number of hydrogen-bond donors (Lipinski definition) is 1. The van der Waals surface area contributed by atoms with E-state index in [1.807, 2.05) is 24.3 Å². The molecule has 2 aliphatic rings. The summed E-state index contributed by atoms with van der Waals surface area (Å²) in [5.74, 6) is 0.0942. The van der Waals surface area contributed by atoms with Crippen LogP contribution in [0.3, 0.4) is 0 Å². The van der Waals surface area contributed by atoms with Gasteiger partial charge in [-0.1, -0.05) is 48.5 Å². The number of carbonyl (C=O) groups excluding carboxylic acids is 1. The number of fused-ring (bicyclic) bond motifs is 3. The topological polar surface area (TPSA) is 49.8 Å². The number of aliphatic hydroxyl groups is 1. The Morgan fingerprint density at radius 3 is 2.12 bits per heavy atom. The van der Waals surface area contributed by atoms with Gasteiger partial charge in [0, 0.05) is 19.0 Å². The van der Waals surface area contributed by atoms with Crippen LogP contribution >= 0.6 is 0 Å². The lowest BCUT2D eigenvalue weighted by Gasteiger charge is -2.29. The summed E-state index contributed by atoms with van der Waals surface area (Å²) in [4.78, 5) is 14.0. The fourth-order valence-corrected chi connectivity index (χ4v) is 3.73. The molecule has 4 nitrogen and oxygen atoms in total. The molecular weight excluding hydrogens is 302 g/mol. The summed E-state index contributed by atoms with van der Waals surface area (Å²) in [6, 6.07) is 16.6. The number of piperidine rings is 1. The normalized spacial score (nSPS) is 17.5. The van der Waals surface area contributed by atoms with Crippen molar-refractivity contribution in [3.8, 4) is 11.1 Å². The van der Waals surface area contributed by atoms with E-state index in [1.54, 1.807) is 4.90 Å². The highest BCUT2D eigenvalue weighted by Gasteiger charge is 2.30. The fraction of sp³-hybridized carbons (Fsp3) is 0.350. The molecule has 2 aromatic rings. The van der Waals surface area contributed by atoms with Crippen LogP contribution in [0.1, 0.15) is 29.9 Å². The fourth-order valence-electron chi connectivity index (χ4n) is 3.73. The SMILES string of the molecule is O=C(OCC1c2ccccc2-c2ccccc21)N1CCC(O)CC1. The zero-order chi connectivity index (χ0) is 16.5. The summed E-state index contributed by atoms with van der Waals surface area (Å²) in [5, 5.41) is 9.55. The Balaban J connectivity index is 1.50. The summed E-state index contributed by atoms with van der Waals surface area (Å²) in [5.41, 5.74) is 4.91. The van der Waals surface area contributed by atoms with Gasteiger partial charge < -0.3 is 14.7 Å². The number of carbonyl (C=O) groups is 1. The summed E-state index contributed by atoms with van der Waals surface area (Å²) < 4.78 is 5.62. The van der Waals surface area contributed by atoms with Crippen LogP contribution in [0.4, 0.5) is 4.79 Å². The Labute approximate surface area is 141 Å². The largest absolute Gasteiger partial charge is 0.448 e. The predicted molar refractivity (Wildman–Crippen MR) is 91.9 cm³/mol. The number of hydrogen-bond acceptors (Lipinski definition) is 3. The van der Waals surface area contributed by atoms with Crippen molar-refractivity contribution < 1.29 is 14.6 Å². The Hall–Kier alpha value is -2.33. The molecule has 0 unspecified atom stereocenters. The number of nitrogens with zero attached hydrogens (tertiary/aromatic N) is 1. The van der Waals surface area contributed by atoms with Crippen molar-refractivity contribution in [2.75, 3.05) is 19.7 Å². The molecule has 0 atom stereocenters. The van der Waals surface area contributed by atoms with E-state index in [4.69, 9.17) is 4.74 Å². The first-order valence-corrected chi connectivity index (χ1v) is 8.52. The Bertz CT molecular complexity index is 705. The van der Waals surface area contributed by atoms with Gasteiger partial charge in [0.1, 0.15) is 6.61 Å². The molecule has 1 N–H and O–H groups in total. The number of amides is 1. The summed E-state index contributed by atoms with van der Waals surface area (Å²) in [6.45, 7) is 1.49. The maximum atomic E-state index is 12.3. The first kappa shape index (κ1) is 15.2. The summed E-state index contributed by atoms with van der Waals surface area (Å²) >= 11 is 0. The molecular formula is C20H21NO3. The molecule has 1 aliphatic carbocycles. The van der Waals surface area contributed by atoms with Crippen molar-refractivity contribution >= 4 is 6.09 Å². The van der Waals surface area contributed by atoms with Gasteiger partial charge in [0.05, 0.1) is 6.10 Å². The van der Waals surface area contributed by atoms with Gasteiger partial charge >= 0.3 is 6.09 Å². The van der Waals surface area contributed by atoms with Crippen LogP contribution in [0.5, 0.6) is 0 Å². The predicted octanol–water partition coefficient (Wildman–Crippen LogP) is 3.39. The molecule has 0 saturated carbocycles. The van der Waals surface area contributed by atoms with E-state index in [1.165, 1.54) is 22.3 Å². The van der Waals surface area contributed by atoms with E-state index in [9.17, 15) is 9.90 Å². The molecule has 124 valence electrons. The zero-order valence-electron chi connectivity index (χ0n) is 13.5. The smallest absolute Gasteiger partial charge is 0.409 e. The highest BCUT2D eigenvalue weighted by molar-refractivity contribution is 5.79. The van der Waals surface area contributed by atoms with Gasteiger partial charge in [-0.05, 0) is 35.1 Å². The average molecular weight is 323 g/mol. The van der Waals surface area contributed by atoms with E-state index in [0.29, 0.717) is 32.5 Å². The molecule has 2 aromatic carbocycles. The molecule has 1 heterocycles. The second-order valence-electron chi connectivity index (χ2n) is 6.52. The van der Waals surface area contributed by atoms with Crippen molar-refractivity contribution in [1.82, 2.24) is 4.90 Å². The molecule has 1 amide bonds. The summed E-state index contributed by atoms with van der Waals surface area (Å²) in [7, 11) is 0.